The standard InChI is InChI=1S/C15H15N5O3S/c16-9-11-10-3-1-2-4-12(10)24-15(11)17-14(21)6-8-19-7-5-13(18-19)20(22)23/h5,7H,1-4,6,8H2,(H,17,21). The highest BCUT2D eigenvalue weighted by atomic mass is 32.1. The molecule has 24 heavy (non-hydrogen) atoms. The molecule has 0 bridgehead atoms. The Morgan fingerprint density at radius 3 is 3.00 bits per heavy atom. The molecule has 0 aliphatic heterocycles. The lowest BCUT2D eigenvalue weighted by Gasteiger charge is -2.09. The second-order valence-corrected chi connectivity index (χ2v) is 6.62. The monoisotopic (exact) mass is 345 g/mol. The van der Waals surface area contributed by atoms with E-state index >= 15 is 0 Å². The maximum Gasteiger partial charge on any atom is 0.389 e. The number of nitriles is 1. The quantitative estimate of drug-likeness (QED) is 0.661. The van der Waals surface area contributed by atoms with Gasteiger partial charge >= 0.3 is 5.82 Å². The first-order valence-electron chi connectivity index (χ1n) is 7.61. The van der Waals surface area contributed by atoms with E-state index < -0.39 is 4.92 Å². The van der Waals surface area contributed by atoms with E-state index in [1.165, 1.54) is 33.2 Å². The Morgan fingerprint density at radius 2 is 2.29 bits per heavy atom. The summed E-state index contributed by atoms with van der Waals surface area (Å²) in [6.07, 6.45) is 5.64. The van der Waals surface area contributed by atoms with Gasteiger partial charge in [-0.25, -0.2) is 0 Å². The molecule has 1 aliphatic carbocycles. The minimum Gasteiger partial charge on any atom is -0.358 e. The van der Waals surface area contributed by atoms with Crippen molar-refractivity contribution >= 4 is 28.1 Å². The third-order valence-electron chi connectivity index (χ3n) is 3.92. The Hall–Kier alpha value is -2.73. The Bertz CT molecular complexity index is 833. The molecule has 2 aromatic heterocycles. The van der Waals surface area contributed by atoms with Crippen LogP contribution in [-0.4, -0.2) is 20.6 Å². The number of rotatable bonds is 5. The lowest BCUT2D eigenvalue weighted by molar-refractivity contribution is -0.389. The van der Waals surface area contributed by atoms with E-state index in [1.807, 2.05) is 0 Å². The normalized spacial score (nSPS) is 13.1. The predicted octanol–water partition coefficient (Wildman–Crippen LogP) is 2.63. The molecule has 0 atom stereocenters. The van der Waals surface area contributed by atoms with E-state index in [9.17, 15) is 20.2 Å². The number of hydrogen-bond donors (Lipinski definition) is 1. The van der Waals surface area contributed by atoms with Crippen molar-refractivity contribution < 1.29 is 9.72 Å². The first-order chi connectivity index (χ1) is 11.6. The zero-order chi connectivity index (χ0) is 17.1. The maximum absolute atomic E-state index is 12.1. The fraction of sp³-hybridized carbons (Fsp3) is 0.400. The van der Waals surface area contributed by atoms with Crippen LogP contribution in [0.3, 0.4) is 0 Å². The van der Waals surface area contributed by atoms with Gasteiger partial charge in [0.15, 0.2) is 0 Å². The number of anilines is 1. The van der Waals surface area contributed by atoms with Crippen molar-refractivity contribution in [1.82, 2.24) is 9.78 Å². The molecule has 1 N–H and O–H groups in total. The van der Waals surface area contributed by atoms with E-state index in [2.05, 4.69) is 16.5 Å². The van der Waals surface area contributed by atoms with Gasteiger partial charge in [0.05, 0.1) is 29.5 Å². The van der Waals surface area contributed by atoms with Gasteiger partial charge in [-0.05, 0) is 36.2 Å². The van der Waals surface area contributed by atoms with Crippen LogP contribution in [0.1, 0.15) is 35.3 Å². The number of aromatic nitrogens is 2. The van der Waals surface area contributed by atoms with Crippen LogP contribution in [0.5, 0.6) is 0 Å². The predicted molar refractivity (Wildman–Crippen MR) is 87.8 cm³/mol. The van der Waals surface area contributed by atoms with E-state index in [0.717, 1.165) is 31.2 Å². The average molecular weight is 345 g/mol. The fourth-order valence-electron chi connectivity index (χ4n) is 2.75. The molecule has 0 saturated heterocycles. The fourth-order valence-corrected chi connectivity index (χ4v) is 4.01. The van der Waals surface area contributed by atoms with Crippen LogP contribution in [0.15, 0.2) is 12.3 Å². The van der Waals surface area contributed by atoms with Crippen LogP contribution in [0.25, 0.3) is 0 Å². The molecule has 1 aliphatic rings. The first-order valence-corrected chi connectivity index (χ1v) is 8.42. The number of hydrogen-bond acceptors (Lipinski definition) is 6. The molecule has 2 heterocycles. The van der Waals surface area contributed by atoms with Crippen molar-refractivity contribution in [2.75, 3.05) is 5.32 Å². The molecule has 0 unspecified atom stereocenters. The van der Waals surface area contributed by atoms with Crippen molar-refractivity contribution in [2.45, 2.75) is 38.6 Å². The number of thiophene rings is 1. The number of nitrogens with zero attached hydrogens (tertiary/aromatic N) is 4. The van der Waals surface area contributed by atoms with Gasteiger partial charge < -0.3 is 15.4 Å². The summed E-state index contributed by atoms with van der Waals surface area (Å²) in [4.78, 5) is 23.3. The molecule has 0 spiro atoms. The summed E-state index contributed by atoms with van der Waals surface area (Å²) < 4.78 is 1.36. The molecule has 8 nitrogen and oxygen atoms in total. The summed E-state index contributed by atoms with van der Waals surface area (Å²) in [5.74, 6) is -0.476. The van der Waals surface area contributed by atoms with Crippen LogP contribution in [0, 0.1) is 21.4 Å². The number of nitro groups is 1. The van der Waals surface area contributed by atoms with Crippen molar-refractivity contribution in [3.8, 4) is 6.07 Å². The Balaban J connectivity index is 1.63. The third kappa shape index (κ3) is 3.28. The molecular weight excluding hydrogens is 330 g/mol. The van der Waals surface area contributed by atoms with E-state index in [0.29, 0.717) is 10.6 Å². The second kappa shape index (κ2) is 6.80. The number of fused-ring (bicyclic) bond motifs is 1. The summed E-state index contributed by atoms with van der Waals surface area (Å²) in [6.45, 7) is 0.243. The van der Waals surface area contributed by atoms with E-state index in [4.69, 9.17) is 0 Å². The topological polar surface area (TPSA) is 114 Å². The van der Waals surface area contributed by atoms with Gasteiger partial charge in [0.1, 0.15) is 11.1 Å². The van der Waals surface area contributed by atoms with Crippen LogP contribution < -0.4 is 5.32 Å². The summed E-state index contributed by atoms with van der Waals surface area (Å²) in [5.41, 5.74) is 1.66. The van der Waals surface area contributed by atoms with Crippen molar-refractivity contribution in [3.05, 3.63) is 38.4 Å². The Kier molecular flexibility index (Phi) is 4.57. The Labute approximate surface area is 141 Å². The molecule has 0 saturated carbocycles. The van der Waals surface area contributed by atoms with Gasteiger partial charge in [-0.1, -0.05) is 0 Å². The average Bonchev–Trinajstić information content (AvgIpc) is 3.17. The molecular formula is C15H15N5O3S. The summed E-state index contributed by atoms with van der Waals surface area (Å²) in [5, 5.41) is 27.1. The number of amides is 1. The Morgan fingerprint density at radius 1 is 1.50 bits per heavy atom. The molecule has 0 aromatic carbocycles. The van der Waals surface area contributed by atoms with Crippen LogP contribution in [0.4, 0.5) is 10.8 Å². The molecule has 0 radical (unpaired) electrons. The number of carbonyl (C=O) groups excluding carboxylic acids is 1. The minimum atomic E-state index is -0.577. The van der Waals surface area contributed by atoms with Gasteiger partial charge in [0.2, 0.25) is 5.91 Å². The highest BCUT2D eigenvalue weighted by Gasteiger charge is 2.22. The molecule has 2 aromatic rings. The number of carbonyl (C=O) groups is 1. The molecule has 124 valence electrons. The molecule has 0 fully saturated rings. The van der Waals surface area contributed by atoms with Gasteiger partial charge in [0.25, 0.3) is 0 Å². The SMILES string of the molecule is N#Cc1c(NC(=O)CCn2ccc([N+](=O)[O-])n2)sc2c1CCCC2. The molecule has 3 rings (SSSR count). The molecule has 1 amide bonds. The van der Waals surface area contributed by atoms with Crippen molar-refractivity contribution in [3.63, 3.8) is 0 Å². The van der Waals surface area contributed by atoms with Gasteiger partial charge in [-0.15, -0.1) is 11.3 Å². The lowest BCUT2D eigenvalue weighted by Crippen LogP contribution is -2.14. The lowest BCUT2D eigenvalue weighted by atomic mass is 9.96. The van der Waals surface area contributed by atoms with Crippen molar-refractivity contribution in [1.29, 1.82) is 5.26 Å². The summed E-state index contributed by atoms with van der Waals surface area (Å²) in [7, 11) is 0. The number of nitrogens with one attached hydrogen (secondary N) is 1. The maximum atomic E-state index is 12.1. The van der Waals surface area contributed by atoms with Crippen LogP contribution in [-0.2, 0) is 24.2 Å². The van der Waals surface area contributed by atoms with Gasteiger partial charge in [-0.2, -0.15) is 9.94 Å². The first kappa shape index (κ1) is 16.1. The zero-order valence-electron chi connectivity index (χ0n) is 12.8. The summed E-state index contributed by atoms with van der Waals surface area (Å²) >= 11 is 1.48. The largest absolute Gasteiger partial charge is 0.389 e. The molecule has 9 heteroatoms. The summed E-state index contributed by atoms with van der Waals surface area (Å²) in [6, 6.07) is 3.49. The highest BCUT2D eigenvalue weighted by molar-refractivity contribution is 7.16. The smallest absolute Gasteiger partial charge is 0.358 e. The van der Waals surface area contributed by atoms with E-state index in [-0.39, 0.29) is 24.7 Å². The van der Waals surface area contributed by atoms with Crippen LogP contribution in [0.2, 0.25) is 0 Å². The van der Waals surface area contributed by atoms with E-state index in [1.54, 1.807) is 0 Å². The highest BCUT2D eigenvalue weighted by Crippen LogP contribution is 2.37. The van der Waals surface area contributed by atoms with Gasteiger partial charge in [-0.3, -0.25) is 4.79 Å². The van der Waals surface area contributed by atoms with Crippen molar-refractivity contribution in [2.24, 2.45) is 0 Å². The zero-order valence-corrected chi connectivity index (χ0v) is 13.6. The second-order valence-electron chi connectivity index (χ2n) is 5.52. The van der Waals surface area contributed by atoms with Gasteiger partial charge in [0, 0.05) is 11.3 Å². The van der Waals surface area contributed by atoms with Crippen LogP contribution >= 0.6 is 11.3 Å². The minimum absolute atomic E-state index is 0.131. The number of aryl methyl sites for hydroxylation is 2. The third-order valence-corrected chi connectivity index (χ3v) is 5.12.